The molecule has 2 N–H and O–H groups in total. The highest BCUT2D eigenvalue weighted by atomic mass is 16.5. The highest BCUT2D eigenvalue weighted by Crippen LogP contribution is 1.99. The fraction of sp³-hybridized carbons (Fsp3) is 1.00. The van der Waals surface area contributed by atoms with E-state index in [4.69, 9.17) is 24.7 Å². The molecule has 0 saturated carbocycles. The second-order valence-electron chi connectivity index (χ2n) is 5.36. The van der Waals surface area contributed by atoms with Gasteiger partial charge < -0.3 is 24.7 Å². The van der Waals surface area contributed by atoms with E-state index in [1.807, 2.05) is 0 Å². The lowest BCUT2D eigenvalue weighted by molar-refractivity contribution is 0.0401. The Bertz CT molecular complexity index is 173. The van der Waals surface area contributed by atoms with Gasteiger partial charge in [-0.15, -0.1) is 0 Å². The van der Waals surface area contributed by atoms with Crippen molar-refractivity contribution in [1.82, 2.24) is 0 Å². The Kier molecular flexibility index (Phi) is 20.6. The third-order valence-electron chi connectivity index (χ3n) is 3.23. The van der Waals surface area contributed by atoms with Crippen molar-refractivity contribution in [3.05, 3.63) is 0 Å². The van der Waals surface area contributed by atoms with Gasteiger partial charge in [-0.3, -0.25) is 0 Å². The van der Waals surface area contributed by atoms with Crippen molar-refractivity contribution in [2.75, 3.05) is 59.4 Å². The maximum atomic E-state index is 5.54. The molecule has 0 aromatic rings. The van der Waals surface area contributed by atoms with Crippen LogP contribution < -0.4 is 5.73 Å². The monoisotopic (exact) mass is 319 g/mol. The number of hydrogen-bond acceptors (Lipinski definition) is 5. The molecule has 0 spiro atoms. The van der Waals surface area contributed by atoms with E-state index in [9.17, 15) is 0 Å². The van der Waals surface area contributed by atoms with Gasteiger partial charge in [-0.2, -0.15) is 0 Å². The molecular formula is C17H37NO4. The number of rotatable bonds is 19. The lowest BCUT2D eigenvalue weighted by Crippen LogP contribution is -2.12. The first-order valence-corrected chi connectivity index (χ1v) is 8.92. The highest BCUT2D eigenvalue weighted by molar-refractivity contribution is 4.43. The van der Waals surface area contributed by atoms with Crippen LogP contribution in [-0.2, 0) is 18.9 Å². The third kappa shape index (κ3) is 19.8. The minimum absolute atomic E-state index is 0.573. The molecule has 0 aromatic heterocycles. The molecule has 0 amide bonds. The minimum atomic E-state index is 0.573. The van der Waals surface area contributed by atoms with Crippen LogP contribution >= 0.6 is 0 Å². The zero-order valence-corrected chi connectivity index (χ0v) is 14.5. The Labute approximate surface area is 136 Å². The van der Waals surface area contributed by atoms with Crippen molar-refractivity contribution >= 4 is 0 Å². The van der Waals surface area contributed by atoms with Crippen LogP contribution in [0.5, 0.6) is 0 Å². The lowest BCUT2D eigenvalue weighted by atomic mass is 10.2. The van der Waals surface area contributed by atoms with Crippen LogP contribution in [0.3, 0.4) is 0 Å². The maximum Gasteiger partial charge on any atom is 0.0701 e. The number of ether oxygens (including phenoxy) is 4. The topological polar surface area (TPSA) is 62.9 Å². The van der Waals surface area contributed by atoms with Crippen molar-refractivity contribution in [2.24, 2.45) is 5.73 Å². The van der Waals surface area contributed by atoms with Crippen molar-refractivity contribution in [3.8, 4) is 0 Å². The average molecular weight is 319 g/mol. The Hall–Kier alpha value is -0.200. The molecule has 0 rings (SSSR count). The molecule has 0 atom stereocenters. The molecule has 5 nitrogen and oxygen atoms in total. The highest BCUT2D eigenvalue weighted by Gasteiger charge is 1.94. The third-order valence-corrected chi connectivity index (χ3v) is 3.23. The summed E-state index contributed by atoms with van der Waals surface area (Å²) in [7, 11) is 0. The molecule has 0 aromatic carbocycles. The van der Waals surface area contributed by atoms with Gasteiger partial charge in [-0.05, 0) is 25.7 Å². The molecule has 0 fully saturated rings. The summed E-state index contributed by atoms with van der Waals surface area (Å²) in [4.78, 5) is 0. The van der Waals surface area contributed by atoms with Crippen LogP contribution in [0, 0.1) is 0 Å². The zero-order chi connectivity index (χ0) is 16.1. The van der Waals surface area contributed by atoms with Crippen molar-refractivity contribution in [2.45, 2.75) is 51.9 Å². The van der Waals surface area contributed by atoms with E-state index in [0.29, 0.717) is 33.0 Å². The van der Waals surface area contributed by atoms with E-state index < -0.39 is 0 Å². The summed E-state index contributed by atoms with van der Waals surface area (Å²) >= 11 is 0. The van der Waals surface area contributed by atoms with Gasteiger partial charge >= 0.3 is 0 Å². The zero-order valence-electron chi connectivity index (χ0n) is 14.5. The molecule has 134 valence electrons. The summed E-state index contributed by atoms with van der Waals surface area (Å²) in [5, 5.41) is 0. The molecule has 0 aliphatic carbocycles. The van der Waals surface area contributed by atoms with E-state index in [2.05, 4.69) is 6.92 Å². The van der Waals surface area contributed by atoms with Gasteiger partial charge in [0.25, 0.3) is 0 Å². The Morgan fingerprint density at radius 1 is 0.500 bits per heavy atom. The molecule has 0 bridgehead atoms. The summed E-state index contributed by atoms with van der Waals surface area (Å²) in [6.45, 7) is 8.62. The minimum Gasteiger partial charge on any atom is -0.379 e. The quantitative estimate of drug-likeness (QED) is 0.371. The average Bonchev–Trinajstić information content (AvgIpc) is 2.54. The first-order valence-electron chi connectivity index (χ1n) is 8.92. The summed E-state index contributed by atoms with van der Waals surface area (Å²) in [6.07, 6.45) is 8.34. The van der Waals surface area contributed by atoms with Gasteiger partial charge in [0.2, 0.25) is 0 Å². The Morgan fingerprint density at radius 3 is 1.32 bits per heavy atom. The molecule has 22 heavy (non-hydrogen) atoms. The molecular weight excluding hydrogens is 282 g/mol. The van der Waals surface area contributed by atoms with E-state index in [-0.39, 0.29) is 0 Å². The summed E-state index contributed by atoms with van der Waals surface area (Å²) < 4.78 is 21.7. The van der Waals surface area contributed by atoms with Gasteiger partial charge in [-0.25, -0.2) is 0 Å². The van der Waals surface area contributed by atoms with E-state index in [1.54, 1.807) is 0 Å². The predicted octanol–water partition coefficient (Wildman–Crippen LogP) is 2.76. The van der Waals surface area contributed by atoms with Gasteiger partial charge in [0.05, 0.1) is 33.0 Å². The molecule has 0 aliphatic rings. The van der Waals surface area contributed by atoms with Gasteiger partial charge in [0, 0.05) is 26.4 Å². The largest absolute Gasteiger partial charge is 0.379 e. The molecule has 0 heterocycles. The van der Waals surface area contributed by atoms with E-state index in [1.165, 1.54) is 25.7 Å². The van der Waals surface area contributed by atoms with Gasteiger partial charge in [0.1, 0.15) is 0 Å². The maximum absolute atomic E-state index is 5.54. The van der Waals surface area contributed by atoms with Crippen molar-refractivity contribution < 1.29 is 18.9 Å². The summed E-state index contributed by atoms with van der Waals surface area (Å²) in [5.41, 5.74) is 5.31. The van der Waals surface area contributed by atoms with Crippen molar-refractivity contribution in [3.63, 3.8) is 0 Å². The van der Waals surface area contributed by atoms with Crippen LogP contribution in [0.25, 0.3) is 0 Å². The number of unbranched alkanes of at least 4 members (excludes halogenated alkanes) is 5. The second kappa shape index (κ2) is 20.8. The lowest BCUT2D eigenvalue weighted by Gasteiger charge is -2.06. The van der Waals surface area contributed by atoms with Gasteiger partial charge in [-0.1, -0.05) is 26.2 Å². The molecule has 0 unspecified atom stereocenters. The van der Waals surface area contributed by atoms with Crippen LogP contribution in [0.15, 0.2) is 0 Å². The summed E-state index contributed by atoms with van der Waals surface area (Å²) in [5.74, 6) is 0. The first-order chi connectivity index (χ1) is 10.9. The van der Waals surface area contributed by atoms with Crippen LogP contribution in [-0.4, -0.2) is 59.4 Å². The Morgan fingerprint density at radius 2 is 0.909 bits per heavy atom. The SMILES string of the molecule is CCCCCCOCCOCCCCCOCCOCCN. The first kappa shape index (κ1) is 21.8. The second-order valence-corrected chi connectivity index (χ2v) is 5.36. The number of hydrogen-bond donors (Lipinski definition) is 1. The predicted molar refractivity (Wildman–Crippen MR) is 90.3 cm³/mol. The molecule has 0 radical (unpaired) electrons. The fourth-order valence-electron chi connectivity index (χ4n) is 1.94. The van der Waals surface area contributed by atoms with E-state index in [0.717, 1.165) is 45.7 Å². The number of nitrogens with two attached hydrogens (primary N) is 1. The normalized spacial score (nSPS) is 11.2. The van der Waals surface area contributed by atoms with Gasteiger partial charge in [0.15, 0.2) is 0 Å². The van der Waals surface area contributed by atoms with Crippen LogP contribution in [0.4, 0.5) is 0 Å². The standard InChI is InChI=1S/C17H37NO4/c1-2-3-4-6-10-19-14-15-20-11-7-5-8-12-21-16-17-22-13-9-18/h2-18H2,1H3. The van der Waals surface area contributed by atoms with E-state index >= 15 is 0 Å². The van der Waals surface area contributed by atoms with Crippen molar-refractivity contribution in [1.29, 1.82) is 0 Å². The van der Waals surface area contributed by atoms with Crippen LogP contribution in [0.1, 0.15) is 51.9 Å². The molecule has 0 saturated heterocycles. The molecule has 5 heteroatoms. The fourth-order valence-corrected chi connectivity index (χ4v) is 1.94. The smallest absolute Gasteiger partial charge is 0.0701 e. The Balaban J connectivity index is 2.91. The molecule has 0 aliphatic heterocycles. The summed E-state index contributed by atoms with van der Waals surface area (Å²) in [6, 6.07) is 0. The van der Waals surface area contributed by atoms with Crippen LogP contribution in [0.2, 0.25) is 0 Å².